The van der Waals surface area contributed by atoms with E-state index in [0.717, 1.165) is 54.9 Å². The minimum atomic E-state index is -0.509. The Hall–Kier alpha value is -3.17. The van der Waals surface area contributed by atoms with Crippen LogP contribution in [0.25, 0.3) is 11.8 Å². The van der Waals surface area contributed by atoms with Crippen LogP contribution in [0.5, 0.6) is 0 Å². The van der Waals surface area contributed by atoms with Crippen molar-refractivity contribution in [2.45, 2.75) is 34.2 Å². The lowest BCUT2D eigenvalue weighted by Gasteiger charge is -2.13. The Morgan fingerprint density at radius 2 is 1.71 bits per heavy atom. The molecule has 174 valence electrons. The quantitative estimate of drug-likeness (QED) is 0.206. The van der Waals surface area contributed by atoms with Crippen molar-refractivity contribution in [3.63, 3.8) is 0 Å². The van der Waals surface area contributed by atoms with E-state index in [1.165, 1.54) is 6.07 Å². The zero-order valence-electron chi connectivity index (χ0n) is 19.1. The summed E-state index contributed by atoms with van der Waals surface area (Å²) >= 11 is 4.46. The monoisotopic (exact) mass is 539 g/mol. The van der Waals surface area contributed by atoms with Gasteiger partial charge in [0.1, 0.15) is 0 Å². The van der Waals surface area contributed by atoms with Crippen molar-refractivity contribution in [1.82, 2.24) is 9.47 Å². The number of rotatable bonds is 5. The predicted octanol–water partition coefficient (Wildman–Crippen LogP) is 6.62. The molecule has 1 aliphatic heterocycles. The molecule has 0 saturated carbocycles. The van der Waals surface area contributed by atoms with Crippen molar-refractivity contribution >= 4 is 50.6 Å². The van der Waals surface area contributed by atoms with E-state index < -0.39 is 16.1 Å². The third kappa shape index (κ3) is 4.33. The summed E-state index contributed by atoms with van der Waals surface area (Å²) in [7, 11) is 0. The smallest absolute Gasteiger partial charge is 0.293 e. The van der Waals surface area contributed by atoms with Gasteiger partial charge in [-0.25, -0.2) is 0 Å². The Bertz CT molecular complexity index is 1370. The standard InChI is InChI=1S/C25H22BrN3O4S/c1-14-9-20(10-15(2)23(14)26)28-16(3)11-19(17(28)4)12-22-24(30)27(25(31)34-22)13-18-7-5-6-8-21(18)29(32)33/h5-12H,13H2,1-4H3/b22-12-. The molecule has 34 heavy (non-hydrogen) atoms. The molecule has 9 heteroatoms. The minimum absolute atomic E-state index is 0.117. The third-order valence-corrected chi connectivity index (χ3v) is 7.98. The highest BCUT2D eigenvalue weighted by Crippen LogP contribution is 2.36. The van der Waals surface area contributed by atoms with Gasteiger partial charge in [0.15, 0.2) is 0 Å². The van der Waals surface area contributed by atoms with Crippen LogP contribution in [0.3, 0.4) is 0 Å². The number of hydrogen-bond donors (Lipinski definition) is 0. The van der Waals surface area contributed by atoms with E-state index in [1.807, 2.05) is 33.8 Å². The number of para-hydroxylation sites is 1. The van der Waals surface area contributed by atoms with Crippen LogP contribution in [0.4, 0.5) is 10.5 Å². The number of nitro benzene ring substituents is 1. The number of carbonyl (C=O) groups is 2. The first-order chi connectivity index (χ1) is 16.1. The van der Waals surface area contributed by atoms with Crippen molar-refractivity contribution in [1.29, 1.82) is 0 Å². The van der Waals surface area contributed by atoms with Gasteiger partial charge in [0.2, 0.25) is 0 Å². The number of benzene rings is 2. The van der Waals surface area contributed by atoms with Gasteiger partial charge in [-0.15, -0.1) is 0 Å². The lowest BCUT2D eigenvalue weighted by Crippen LogP contribution is -2.27. The first-order valence-corrected chi connectivity index (χ1v) is 12.1. The Morgan fingerprint density at radius 3 is 2.35 bits per heavy atom. The van der Waals surface area contributed by atoms with Crippen LogP contribution in [-0.4, -0.2) is 25.5 Å². The second kappa shape index (κ2) is 9.23. The molecule has 0 atom stereocenters. The molecule has 1 aromatic heterocycles. The second-order valence-electron chi connectivity index (χ2n) is 8.21. The van der Waals surface area contributed by atoms with Crippen LogP contribution in [0.1, 0.15) is 33.6 Å². The van der Waals surface area contributed by atoms with Crippen LogP contribution in [-0.2, 0) is 11.3 Å². The number of aryl methyl sites for hydroxylation is 3. The maximum atomic E-state index is 13.0. The van der Waals surface area contributed by atoms with E-state index in [2.05, 4.69) is 32.6 Å². The zero-order chi connectivity index (χ0) is 24.7. The summed E-state index contributed by atoms with van der Waals surface area (Å²) in [6.07, 6.45) is 1.72. The molecular weight excluding hydrogens is 518 g/mol. The van der Waals surface area contributed by atoms with Gasteiger partial charge in [-0.1, -0.05) is 34.1 Å². The fourth-order valence-electron chi connectivity index (χ4n) is 4.15. The molecule has 0 unspecified atom stereocenters. The van der Waals surface area contributed by atoms with Gasteiger partial charge in [0.25, 0.3) is 16.8 Å². The molecule has 0 aliphatic carbocycles. The van der Waals surface area contributed by atoms with Gasteiger partial charge in [-0.2, -0.15) is 0 Å². The number of nitrogens with zero attached hydrogens (tertiary/aromatic N) is 3. The van der Waals surface area contributed by atoms with Gasteiger partial charge >= 0.3 is 0 Å². The van der Waals surface area contributed by atoms with Crippen molar-refractivity contribution in [2.75, 3.05) is 0 Å². The number of thioether (sulfide) groups is 1. The summed E-state index contributed by atoms with van der Waals surface area (Å²) < 4.78 is 3.20. The van der Waals surface area contributed by atoms with Gasteiger partial charge in [-0.05, 0) is 80.4 Å². The van der Waals surface area contributed by atoms with Gasteiger partial charge < -0.3 is 4.57 Å². The first-order valence-electron chi connectivity index (χ1n) is 10.5. The third-order valence-electron chi connectivity index (χ3n) is 5.83. The number of aromatic nitrogens is 1. The Kier molecular flexibility index (Phi) is 6.51. The first kappa shape index (κ1) is 24.0. The predicted molar refractivity (Wildman–Crippen MR) is 137 cm³/mol. The SMILES string of the molecule is Cc1cc(-n2c(C)cc(/C=C3\SC(=O)N(Cc4ccccc4[N+](=O)[O-])C3=O)c2C)cc(C)c1Br. The summed E-state index contributed by atoms with van der Waals surface area (Å²) in [6.45, 7) is 7.92. The Morgan fingerprint density at radius 1 is 1.06 bits per heavy atom. The summed E-state index contributed by atoms with van der Waals surface area (Å²) in [6, 6.07) is 12.3. The van der Waals surface area contributed by atoms with Crippen LogP contribution in [0.15, 0.2) is 51.8 Å². The Balaban J connectivity index is 1.66. The molecule has 2 heterocycles. The number of nitro groups is 1. The molecule has 1 saturated heterocycles. The summed E-state index contributed by atoms with van der Waals surface area (Å²) in [5.74, 6) is -0.451. The van der Waals surface area contributed by atoms with E-state index in [9.17, 15) is 19.7 Å². The Labute approximate surface area is 209 Å². The molecule has 0 N–H and O–H groups in total. The molecule has 2 amide bonds. The minimum Gasteiger partial charge on any atom is -0.318 e. The molecule has 4 rings (SSSR count). The summed E-state index contributed by atoms with van der Waals surface area (Å²) in [5.41, 5.74) is 6.27. The maximum Gasteiger partial charge on any atom is 0.293 e. The van der Waals surface area contributed by atoms with Crippen molar-refractivity contribution < 1.29 is 14.5 Å². The van der Waals surface area contributed by atoms with Gasteiger partial charge in [0, 0.05) is 33.2 Å². The van der Waals surface area contributed by atoms with Crippen LogP contribution in [0, 0.1) is 37.8 Å². The van der Waals surface area contributed by atoms with E-state index in [-0.39, 0.29) is 12.2 Å². The molecule has 3 aromatic rings. The fraction of sp³-hybridized carbons (Fsp3) is 0.200. The van der Waals surface area contributed by atoms with Crippen molar-refractivity contribution in [3.05, 3.63) is 95.6 Å². The molecule has 7 nitrogen and oxygen atoms in total. The second-order valence-corrected chi connectivity index (χ2v) is 10.00. The van der Waals surface area contributed by atoms with E-state index in [1.54, 1.807) is 24.3 Å². The molecule has 2 aromatic carbocycles. The molecule has 0 spiro atoms. The van der Waals surface area contributed by atoms with E-state index >= 15 is 0 Å². The van der Waals surface area contributed by atoms with Crippen molar-refractivity contribution in [2.24, 2.45) is 0 Å². The largest absolute Gasteiger partial charge is 0.318 e. The summed E-state index contributed by atoms with van der Waals surface area (Å²) in [4.78, 5) is 37.8. The number of amides is 2. The van der Waals surface area contributed by atoms with Gasteiger partial charge in [0.05, 0.1) is 16.4 Å². The average molecular weight is 540 g/mol. The molecule has 1 fully saturated rings. The maximum absolute atomic E-state index is 13.0. The molecule has 0 radical (unpaired) electrons. The molecule has 1 aliphatic rings. The highest BCUT2D eigenvalue weighted by Gasteiger charge is 2.36. The number of carbonyl (C=O) groups excluding carboxylic acids is 2. The molecular formula is C25H22BrN3O4S. The lowest BCUT2D eigenvalue weighted by atomic mass is 10.1. The number of hydrogen-bond acceptors (Lipinski definition) is 5. The lowest BCUT2D eigenvalue weighted by molar-refractivity contribution is -0.385. The van der Waals surface area contributed by atoms with E-state index in [4.69, 9.17) is 0 Å². The highest BCUT2D eigenvalue weighted by atomic mass is 79.9. The fourth-order valence-corrected chi connectivity index (χ4v) is 5.21. The van der Waals surface area contributed by atoms with Crippen LogP contribution >= 0.6 is 27.7 Å². The normalized spacial score (nSPS) is 15.0. The highest BCUT2D eigenvalue weighted by molar-refractivity contribution is 9.10. The van der Waals surface area contributed by atoms with Crippen molar-refractivity contribution in [3.8, 4) is 5.69 Å². The molecule has 0 bridgehead atoms. The number of imide groups is 1. The van der Waals surface area contributed by atoms with Crippen LogP contribution < -0.4 is 0 Å². The summed E-state index contributed by atoms with van der Waals surface area (Å²) in [5, 5.41) is 10.9. The average Bonchev–Trinajstić information content (AvgIpc) is 3.21. The topological polar surface area (TPSA) is 85.4 Å². The van der Waals surface area contributed by atoms with Crippen LogP contribution in [0.2, 0.25) is 0 Å². The van der Waals surface area contributed by atoms with Gasteiger partial charge in [-0.3, -0.25) is 24.6 Å². The zero-order valence-corrected chi connectivity index (χ0v) is 21.5. The van der Waals surface area contributed by atoms with E-state index in [0.29, 0.717) is 10.5 Å². The number of halogens is 1.